The zero-order valence-electron chi connectivity index (χ0n) is 18.1. The minimum atomic E-state index is -0.0432. The number of amides is 2. The summed E-state index contributed by atoms with van der Waals surface area (Å²) in [5.41, 5.74) is 2.06. The fourth-order valence-electron chi connectivity index (χ4n) is 3.92. The molecule has 2 amide bonds. The molecule has 29 heavy (non-hydrogen) atoms. The molecule has 1 N–H and O–H groups in total. The van der Waals surface area contributed by atoms with Crippen molar-refractivity contribution >= 4 is 17.5 Å². The summed E-state index contributed by atoms with van der Waals surface area (Å²) in [4.78, 5) is 28.8. The van der Waals surface area contributed by atoms with Gasteiger partial charge in [0.25, 0.3) is 5.91 Å². The standard InChI is InChI=1S/C23H35N3O3/c1-4-23(2,3)18-9-10-20-19(16-18)26(22(28)17-29-20)14-7-8-21(27)24-11-15-25-12-5-6-13-25/h9-10,16H,4-8,11-15,17H2,1-3H3,(H,24,27). The minimum Gasteiger partial charge on any atom is -0.482 e. The Kier molecular flexibility index (Phi) is 7.17. The molecule has 3 rings (SSSR count). The van der Waals surface area contributed by atoms with Crippen LogP contribution in [0, 0.1) is 0 Å². The van der Waals surface area contributed by atoms with Gasteiger partial charge in [-0.05, 0) is 61.9 Å². The van der Waals surface area contributed by atoms with Gasteiger partial charge in [0.1, 0.15) is 5.75 Å². The maximum absolute atomic E-state index is 12.5. The monoisotopic (exact) mass is 401 g/mol. The second-order valence-corrected chi connectivity index (χ2v) is 8.76. The number of rotatable bonds is 9. The lowest BCUT2D eigenvalue weighted by Gasteiger charge is -2.32. The molecule has 6 heteroatoms. The molecule has 0 unspecified atom stereocenters. The van der Waals surface area contributed by atoms with Crippen molar-refractivity contribution in [3.63, 3.8) is 0 Å². The highest BCUT2D eigenvalue weighted by Gasteiger charge is 2.28. The second kappa shape index (κ2) is 9.61. The summed E-state index contributed by atoms with van der Waals surface area (Å²) >= 11 is 0. The van der Waals surface area contributed by atoms with Crippen molar-refractivity contribution < 1.29 is 14.3 Å². The van der Waals surface area contributed by atoms with Crippen LogP contribution in [0.15, 0.2) is 18.2 Å². The zero-order chi connectivity index (χ0) is 20.9. The number of nitrogens with one attached hydrogen (secondary N) is 1. The molecule has 0 atom stereocenters. The first-order valence-corrected chi connectivity index (χ1v) is 11.0. The van der Waals surface area contributed by atoms with Crippen molar-refractivity contribution in [2.75, 3.05) is 44.2 Å². The average Bonchev–Trinajstić information content (AvgIpc) is 3.22. The van der Waals surface area contributed by atoms with Crippen LogP contribution in [0.5, 0.6) is 5.75 Å². The molecule has 6 nitrogen and oxygen atoms in total. The lowest BCUT2D eigenvalue weighted by Crippen LogP contribution is -2.40. The first-order chi connectivity index (χ1) is 13.9. The largest absolute Gasteiger partial charge is 0.482 e. The van der Waals surface area contributed by atoms with E-state index in [1.165, 1.54) is 18.4 Å². The normalized spacial score (nSPS) is 17.2. The van der Waals surface area contributed by atoms with Gasteiger partial charge in [-0.2, -0.15) is 0 Å². The van der Waals surface area contributed by atoms with E-state index in [1.54, 1.807) is 4.90 Å². The quantitative estimate of drug-likeness (QED) is 0.691. The van der Waals surface area contributed by atoms with Crippen LogP contribution in [0.25, 0.3) is 0 Å². The summed E-state index contributed by atoms with van der Waals surface area (Å²) in [6.45, 7) is 11.1. The summed E-state index contributed by atoms with van der Waals surface area (Å²) in [5, 5.41) is 3.01. The number of likely N-dealkylation sites (tertiary alicyclic amines) is 1. The molecule has 0 aromatic heterocycles. The van der Waals surface area contributed by atoms with E-state index in [1.807, 2.05) is 6.07 Å². The van der Waals surface area contributed by atoms with Crippen molar-refractivity contribution in [2.24, 2.45) is 0 Å². The Hall–Kier alpha value is -2.08. The van der Waals surface area contributed by atoms with E-state index in [9.17, 15) is 9.59 Å². The number of benzene rings is 1. The predicted octanol–water partition coefficient (Wildman–Crippen LogP) is 3.09. The summed E-state index contributed by atoms with van der Waals surface area (Å²) in [5.74, 6) is 0.764. The van der Waals surface area contributed by atoms with Crippen LogP contribution in [0.2, 0.25) is 0 Å². The molecule has 2 heterocycles. The van der Waals surface area contributed by atoms with Gasteiger partial charge in [0.2, 0.25) is 5.91 Å². The van der Waals surface area contributed by atoms with E-state index in [-0.39, 0.29) is 23.8 Å². The van der Waals surface area contributed by atoms with E-state index in [0.717, 1.165) is 37.5 Å². The molecule has 0 spiro atoms. The number of hydrogen-bond donors (Lipinski definition) is 1. The third-order valence-electron chi connectivity index (χ3n) is 6.30. The number of hydrogen-bond acceptors (Lipinski definition) is 4. The fourth-order valence-corrected chi connectivity index (χ4v) is 3.92. The van der Waals surface area contributed by atoms with Crippen LogP contribution < -0.4 is 15.0 Å². The molecule has 0 bridgehead atoms. The molecular formula is C23H35N3O3. The predicted molar refractivity (Wildman–Crippen MR) is 116 cm³/mol. The van der Waals surface area contributed by atoms with E-state index in [4.69, 9.17) is 4.74 Å². The number of anilines is 1. The zero-order valence-corrected chi connectivity index (χ0v) is 18.1. The van der Waals surface area contributed by atoms with Crippen molar-refractivity contribution in [3.8, 4) is 5.75 Å². The third-order valence-corrected chi connectivity index (χ3v) is 6.30. The number of ether oxygens (including phenoxy) is 1. The highest BCUT2D eigenvalue weighted by Crippen LogP contribution is 2.37. The molecular weight excluding hydrogens is 366 g/mol. The van der Waals surface area contributed by atoms with E-state index in [2.05, 4.69) is 43.1 Å². The van der Waals surface area contributed by atoms with Gasteiger partial charge in [0.05, 0.1) is 5.69 Å². The summed E-state index contributed by atoms with van der Waals surface area (Å²) in [6.07, 6.45) is 4.61. The molecule has 0 aliphatic carbocycles. The minimum absolute atomic E-state index is 0.0381. The number of carbonyl (C=O) groups excluding carboxylic acids is 2. The maximum Gasteiger partial charge on any atom is 0.265 e. The molecule has 0 radical (unpaired) electrons. The highest BCUT2D eigenvalue weighted by molar-refractivity contribution is 5.98. The molecule has 1 saturated heterocycles. The van der Waals surface area contributed by atoms with Crippen LogP contribution in [-0.2, 0) is 15.0 Å². The average molecular weight is 402 g/mol. The fraction of sp³-hybridized carbons (Fsp3) is 0.652. The van der Waals surface area contributed by atoms with E-state index < -0.39 is 0 Å². The first kappa shape index (κ1) is 21.6. The highest BCUT2D eigenvalue weighted by atomic mass is 16.5. The molecule has 1 aromatic rings. The summed E-state index contributed by atoms with van der Waals surface area (Å²) in [7, 11) is 0. The van der Waals surface area contributed by atoms with Crippen molar-refractivity contribution in [3.05, 3.63) is 23.8 Å². The van der Waals surface area contributed by atoms with E-state index >= 15 is 0 Å². The lowest BCUT2D eigenvalue weighted by molar-refractivity contribution is -0.122. The topological polar surface area (TPSA) is 61.9 Å². The van der Waals surface area contributed by atoms with Gasteiger partial charge in [0, 0.05) is 26.1 Å². The van der Waals surface area contributed by atoms with Gasteiger partial charge in [-0.3, -0.25) is 9.59 Å². The SMILES string of the molecule is CCC(C)(C)c1ccc2c(c1)N(CCCC(=O)NCCN1CCCC1)C(=O)CO2. The van der Waals surface area contributed by atoms with Crippen molar-refractivity contribution in [1.82, 2.24) is 10.2 Å². The molecule has 2 aliphatic rings. The van der Waals surface area contributed by atoms with Crippen LogP contribution in [0.4, 0.5) is 5.69 Å². The lowest BCUT2D eigenvalue weighted by atomic mass is 9.82. The number of fused-ring (bicyclic) bond motifs is 1. The van der Waals surface area contributed by atoms with Crippen molar-refractivity contribution in [2.45, 2.75) is 58.3 Å². The molecule has 1 fully saturated rings. The maximum atomic E-state index is 12.5. The van der Waals surface area contributed by atoms with Crippen LogP contribution in [-0.4, -0.2) is 56.0 Å². The van der Waals surface area contributed by atoms with Gasteiger partial charge >= 0.3 is 0 Å². The Morgan fingerprint density at radius 3 is 2.69 bits per heavy atom. The van der Waals surface area contributed by atoms with Gasteiger partial charge in [0.15, 0.2) is 6.61 Å². The number of carbonyl (C=O) groups is 2. The molecule has 1 aromatic carbocycles. The van der Waals surface area contributed by atoms with Crippen LogP contribution in [0.1, 0.15) is 58.4 Å². The molecule has 0 saturated carbocycles. The smallest absolute Gasteiger partial charge is 0.265 e. The third kappa shape index (κ3) is 5.50. The van der Waals surface area contributed by atoms with Crippen LogP contribution >= 0.6 is 0 Å². The first-order valence-electron chi connectivity index (χ1n) is 11.0. The summed E-state index contributed by atoms with van der Waals surface area (Å²) in [6, 6.07) is 6.13. The van der Waals surface area contributed by atoms with Crippen molar-refractivity contribution in [1.29, 1.82) is 0 Å². The second-order valence-electron chi connectivity index (χ2n) is 8.76. The van der Waals surface area contributed by atoms with Gasteiger partial charge < -0.3 is 19.9 Å². The van der Waals surface area contributed by atoms with Gasteiger partial charge in [-0.15, -0.1) is 0 Å². The molecule has 2 aliphatic heterocycles. The Balaban J connectivity index is 1.53. The number of nitrogens with zero attached hydrogens (tertiary/aromatic N) is 2. The molecule has 160 valence electrons. The van der Waals surface area contributed by atoms with Gasteiger partial charge in [-0.1, -0.05) is 26.8 Å². The van der Waals surface area contributed by atoms with Crippen LogP contribution in [0.3, 0.4) is 0 Å². The summed E-state index contributed by atoms with van der Waals surface area (Å²) < 4.78 is 5.62. The van der Waals surface area contributed by atoms with Gasteiger partial charge in [-0.25, -0.2) is 0 Å². The Labute approximate surface area is 174 Å². The van der Waals surface area contributed by atoms with E-state index in [0.29, 0.717) is 25.9 Å². The Morgan fingerprint density at radius 2 is 1.97 bits per heavy atom. The Morgan fingerprint density at radius 1 is 1.21 bits per heavy atom. The Bertz CT molecular complexity index is 726.